The van der Waals surface area contributed by atoms with Gasteiger partial charge in [-0.2, -0.15) is 0 Å². The molecule has 0 aliphatic heterocycles. The lowest BCUT2D eigenvalue weighted by Gasteiger charge is -2.43. The zero-order valence-corrected chi connectivity index (χ0v) is 28.0. The zero-order valence-electron chi connectivity index (χ0n) is 27.1. The smallest absolute Gasteiger partial charge is 0.204 e. The van der Waals surface area contributed by atoms with Gasteiger partial charge in [0, 0.05) is 10.9 Å². The Morgan fingerprint density at radius 1 is 0.458 bits per heavy atom. The van der Waals surface area contributed by atoms with E-state index >= 15 is 17.6 Å². The Kier molecular flexibility index (Phi) is 10.1. The van der Waals surface area contributed by atoms with Gasteiger partial charge in [0.2, 0.25) is 6.71 Å². The Morgan fingerprint density at radius 3 is 1.08 bits per heavy atom. The maximum Gasteiger partial charge on any atom is 0.229 e. The summed E-state index contributed by atoms with van der Waals surface area (Å²) >= 11 is 0. The van der Waals surface area contributed by atoms with Crippen LogP contribution in [0.1, 0.15) is 59.1 Å². The molecule has 4 aromatic rings. The van der Waals surface area contributed by atoms with Crippen molar-refractivity contribution in [3.63, 3.8) is 0 Å². The summed E-state index contributed by atoms with van der Waals surface area (Å²) in [6.45, 7) is 8.91. The van der Waals surface area contributed by atoms with Crippen molar-refractivity contribution >= 4 is 36.2 Å². The molecule has 1 fully saturated rings. The highest BCUT2D eigenvalue weighted by Crippen LogP contribution is 2.54. The lowest BCUT2D eigenvalue weighted by atomic mass is 9.31. The quantitative estimate of drug-likeness (QED) is 0.0621. The molecular weight excluding hydrogens is 664 g/mol. The molecule has 0 spiro atoms. The summed E-state index contributed by atoms with van der Waals surface area (Å²) in [7, 11) is -1.62. The van der Waals surface area contributed by atoms with Crippen LogP contribution in [0, 0.1) is 99.7 Å². The van der Waals surface area contributed by atoms with Gasteiger partial charge >= 0.3 is 0 Å². The van der Waals surface area contributed by atoms with E-state index in [1.165, 1.54) is 0 Å². The largest absolute Gasteiger partial charge is 0.229 e. The van der Waals surface area contributed by atoms with Gasteiger partial charge in [0.25, 0.3) is 0 Å². The summed E-state index contributed by atoms with van der Waals surface area (Å²) in [5, 5.41) is 1.72. The summed E-state index contributed by atoms with van der Waals surface area (Å²) in [6.07, 6.45) is 1.08. The number of hydrogen-bond donors (Lipinski definition) is 0. The van der Waals surface area contributed by atoms with Crippen LogP contribution in [0.15, 0.2) is 24.3 Å². The first-order valence-corrected chi connectivity index (χ1v) is 16.9. The van der Waals surface area contributed by atoms with Crippen molar-refractivity contribution in [2.24, 2.45) is 0 Å². The summed E-state index contributed by atoms with van der Waals surface area (Å²) in [6, 6.07) is 7.78. The Balaban J connectivity index is 1.92. The highest BCUT2D eigenvalue weighted by Gasteiger charge is 2.49. The molecule has 4 aromatic carbocycles. The van der Waals surface area contributed by atoms with Gasteiger partial charge in [0.05, 0.1) is 0 Å². The minimum Gasteiger partial charge on any atom is -0.204 e. The molecule has 254 valence electrons. The van der Waals surface area contributed by atoms with Gasteiger partial charge < -0.3 is 0 Å². The second-order valence-corrected chi connectivity index (χ2v) is 15.1. The Bertz CT molecular complexity index is 1710. The van der Waals surface area contributed by atoms with Crippen LogP contribution in [0.3, 0.4) is 0 Å². The van der Waals surface area contributed by atoms with Gasteiger partial charge in [-0.1, -0.05) is 54.7 Å². The second kappa shape index (κ2) is 13.5. The summed E-state index contributed by atoms with van der Waals surface area (Å²) in [4.78, 5) is 0. The lowest BCUT2D eigenvalue weighted by Crippen LogP contribution is -2.56. The van der Waals surface area contributed by atoms with Crippen LogP contribution in [-0.2, 0) is 0 Å². The topological polar surface area (TPSA) is 0 Å². The molecule has 0 saturated heterocycles. The van der Waals surface area contributed by atoms with Gasteiger partial charge in [0.15, 0.2) is 58.2 Å². The molecule has 0 bridgehead atoms. The molecule has 0 amide bonds. The number of hydrogen-bond acceptors (Lipinski definition) is 0. The molecule has 2 atom stereocenters. The van der Waals surface area contributed by atoms with Crippen LogP contribution < -0.4 is 21.5 Å². The van der Waals surface area contributed by atoms with Crippen LogP contribution in [0.25, 0.3) is 0 Å². The number of rotatable bonds is 6. The average Bonchev–Trinajstić information content (AvgIpc) is 3.02. The Morgan fingerprint density at radius 2 is 0.750 bits per heavy atom. The Hall–Kier alpha value is -3.33. The van der Waals surface area contributed by atoms with Crippen molar-refractivity contribution in [3.8, 4) is 0 Å². The summed E-state index contributed by atoms with van der Waals surface area (Å²) in [5.74, 6) is -25.4. The third-order valence-corrected chi connectivity index (χ3v) is 13.1. The molecule has 2 unspecified atom stereocenters. The summed E-state index contributed by atoms with van der Waals surface area (Å²) < 4.78 is 151. The van der Waals surface area contributed by atoms with Gasteiger partial charge in [-0.15, -0.1) is 0 Å². The SMILES string of the molecule is Cc1cc(C)c(P(c2c(C)cc(C)cc2C)C2CCCCC2B(c2c(F)c(F)c(F)c(F)c2F)c2c(F)c(F)c(F)c(F)c2F)c(C)c1. The predicted octanol–water partition coefficient (Wildman–Crippen LogP) is 8.98. The molecule has 0 radical (unpaired) electrons. The third kappa shape index (κ3) is 5.94. The molecule has 1 aliphatic rings. The molecule has 48 heavy (non-hydrogen) atoms. The average molecular weight is 696 g/mol. The number of halogens is 10. The van der Waals surface area contributed by atoms with E-state index in [4.69, 9.17) is 0 Å². The maximum atomic E-state index is 15.7. The van der Waals surface area contributed by atoms with E-state index in [0.717, 1.165) is 44.0 Å². The van der Waals surface area contributed by atoms with E-state index in [1.807, 2.05) is 65.8 Å². The van der Waals surface area contributed by atoms with Crippen molar-refractivity contribution in [2.75, 3.05) is 0 Å². The number of aryl methyl sites for hydroxylation is 6. The van der Waals surface area contributed by atoms with Crippen LogP contribution in [0.5, 0.6) is 0 Å². The normalized spacial score (nSPS) is 16.6. The van der Waals surface area contributed by atoms with Gasteiger partial charge in [0.1, 0.15) is 0 Å². The highest BCUT2D eigenvalue weighted by molar-refractivity contribution is 7.74. The maximum absolute atomic E-state index is 15.7. The fraction of sp³-hybridized carbons (Fsp3) is 0.333. The molecule has 0 nitrogen and oxygen atoms in total. The molecule has 0 N–H and O–H groups in total. The van der Waals surface area contributed by atoms with E-state index in [1.54, 1.807) is 0 Å². The van der Waals surface area contributed by atoms with E-state index in [-0.39, 0.29) is 12.8 Å². The molecular formula is C36H32BF10P. The van der Waals surface area contributed by atoms with E-state index in [2.05, 4.69) is 0 Å². The minimum absolute atomic E-state index is 0.0545. The summed E-state index contributed by atoms with van der Waals surface area (Å²) in [5.41, 5.74) is 1.30. The van der Waals surface area contributed by atoms with Crippen LogP contribution in [-0.4, -0.2) is 12.4 Å². The molecule has 0 aromatic heterocycles. The monoisotopic (exact) mass is 696 g/mol. The van der Waals surface area contributed by atoms with Crippen LogP contribution in [0.4, 0.5) is 43.9 Å². The van der Waals surface area contributed by atoms with Crippen LogP contribution in [0.2, 0.25) is 5.82 Å². The van der Waals surface area contributed by atoms with Crippen LogP contribution >= 0.6 is 7.92 Å². The fourth-order valence-electron chi connectivity index (χ4n) is 7.76. The van der Waals surface area contributed by atoms with E-state index < -0.39 is 95.2 Å². The molecule has 12 heteroatoms. The van der Waals surface area contributed by atoms with Crippen molar-refractivity contribution in [3.05, 3.63) is 116 Å². The first-order valence-electron chi connectivity index (χ1n) is 15.5. The lowest BCUT2D eigenvalue weighted by molar-refractivity contribution is 0.381. The highest BCUT2D eigenvalue weighted by atomic mass is 31.1. The first-order chi connectivity index (χ1) is 22.5. The Labute approximate surface area is 274 Å². The zero-order chi connectivity index (χ0) is 35.5. The third-order valence-electron chi connectivity index (χ3n) is 9.40. The van der Waals surface area contributed by atoms with Gasteiger partial charge in [-0.25, -0.2) is 43.9 Å². The molecule has 1 saturated carbocycles. The van der Waals surface area contributed by atoms with Gasteiger partial charge in [-0.3, -0.25) is 0 Å². The van der Waals surface area contributed by atoms with Crippen molar-refractivity contribution < 1.29 is 43.9 Å². The van der Waals surface area contributed by atoms with E-state index in [0.29, 0.717) is 12.8 Å². The van der Waals surface area contributed by atoms with E-state index in [9.17, 15) is 26.3 Å². The van der Waals surface area contributed by atoms with Crippen molar-refractivity contribution in [2.45, 2.75) is 78.7 Å². The molecule has 1 aliphatic carbocycles. The van der Waals surface area contributed by atoms with Crippen molar-refractivity contribution in [1.29, 1.82) is 0 Å². The molecule has 5 rings (SSSR count). The minimum atomic E-state index is -2.51. The predicted molar refractivity (Wildman–Crippen MR) is 171 cm³/mol. The van der Waals surface area contributed by atoms with Gasteiger partial charge in [-0.05, 0) is 100 Å². The standard InChI is InChI=1S/C36H32BF10P/c1-15-11-17(3)35(18(4)12-15)48(36-19(5)13-16(2)14-20(36)6)22-10-8-7-9-21(22)37(23-25(38)29(42)33(46)30(43)26(23)39)24-27(40)31(44)34(47)32(45)28(24)41/h11-14,21-22H,7-10H2,1-6H3. The number of benzene rings is 4. The molecule has 0 heterocycles. The fourth-order valence-corrected chi connectivity index (χ4v) is 11.6. The van der Waals surface area contributed by atoms with Crippen molar-refractivity contribution in [1.82, 2.24) is 0 Å². The first kappa shape index (κ1) is 36.0. The second-order valence-electron chi connectivity index (χ2n) is 12.8.